The van der Waals surface area contributed by atoms with Crippen LogP contribution in [0.2, 0.25) is 5.02 Å². The molecule has 1 aromatic carbocycles. The first-order valence-corrected chi connectivity index (χ1v) is 13.5. The zero-order valence-electron chi connectivity index (χ0n) is 18.5. The average Bonchev–Trinajstić information content (AvgIpc) is 3.52. The molecule has 0 unspecified atom stereocenters. The van der Waals surface area contributed by atoms with Crippen molar-refractivity contribution in [3.63, 3.8) is 0 Å². The van der Waals surface area contributed by atoms with Crippen molar-refractivity contribution in [3.8, 4) is 0 Å². The summed E-state index contributed by atoms with van der Waals surface area (Å²) in [5.41, 5.74) is 7.57. The quantitative estimate of drug-likeness (QED) is 0.390. The van der Waals surface area contributed by atoms with Gasteiger partial charge in [0.2, 0.25) is 0 Å². The van der Waals surface area contributed by atoms with Crippen LogP contribution >= 0.6 is 22.9 Å². The number of rotatable bonds is 6. The van der Waals surface area contributed by atoms with E-state index >= 15 is 0 Å². The number of hydrogen-bond donors (Lipinski definition) is 2. The van der Waals surface area contributed by atoms with Crippen LogP contribution in [0.1, 0.15) is 34.1 Å². The highest BCUT2D eigenvalue weighted by Gasteiger charge is 2.31. The normalized spacial score (nSPS) is 15.5. The Hall–Kier alpha value is -3.06. The largest absolute Gasteiger partial charge is 0.382 e. The predicted octanol–water partition coefficient (Wildman–Crippen LogP) is 3.08. The fraction of sp³-hybridized carbons (Fsp3) is 0.273. The molecule has 1 fully saturated rings. The second-order valence-electron chi connectivity index (χ2n) is 8.13. The second kappa shape index (κ2) is 9.53. The van der Waals surface area contributed by atoms with E-state index in [1.165, 1.54) is 10.6 Å². The van der Waals surface area contributed by atoms with E-state index in [1.54, 1.807) is 42.7 Å². The summed E-state index contributed by atoms with van der Waals surface area (Å²) in [5.74, 6) is 0.0761. The van der Waals surface area contributed by atoms with Crippen LogP contribution in [0.3, 0.4) is 0 Å². The van der Waals surface area contributed by atoms with Crippen molar-refractivity contribution in [2.24, 2.45) is 0 Å². The summed E-state index contributed by atoms with van der Waals surface area (Å²) in [5, 5.41) is 3.36. The maximum atomic E-state index is 13.2. The Bertz CT molecular complexity index is 1480. The molecular formula is C22H22ClN7O3S2. The summed E-state index contributed by atoms with van der Waals surface area (Å²) in [6.45, 7) is 1.00. The summed E-state index contributed by atoms with van der Waals surface area (Å²) in [7, 11) is -3.62. The van der Waals surface area contributed by atoms with E-state index < -0.39 is 10.0 Å². The van der Waals surface area contributed by atoms with E-state index in [0.717, 1.165) is 16.2 Å². The Balaban J connectivity index is 1.21. The number of anilines is 1. The van der Waals surface area contributed by atoms with Gasteiger partial charge in [-0.3, -0.25) is 4.79 Å². The third-order valence-electron chi connectivity index (χ3n) is 5.96. The van der Waals surface area contributed by atoms with Gasteiger partial charge in [0.05, 0.1) is 12.9 Å². The number of carbonyl (C=O) groups is 1. The van der Waals surface area contributed by atoms with Crippen LogP contribution in [-0.4, -0.2) is 51.2 Å². The molecule has 0 saturated carbocycles. The number of sulfonamides is 1. The second-order valence-corrected chi connectivity index (χ2v) is 11.9. The molecule has 13 heteroatoms. The molecule has 35 heavy (non-hydrogen) atoms. The third-order valence-corrected chi connectivity index (χ3v) is 9.67. The third kappa shape index (κ3) is 4.74. The first-order chi connectivity index (χ1) is 16.8. The van der Waals surface area contributed by atoms with Gasteiger partial charge in [0.25, 0.3) is 15.9 Å². The van der Waals surface area contributed by atoms with Crippen LogP contribution in [0.4, 0.5) is 5.82 Å². The Labute approximate surface area is 210 Å². The lowest BCUT2D eigenvalue weighted by Crippen LogP contribution is -2.38. The number of nitrogens with zero attached hydrogens (tertiary/aromatic N) is 5. The minimum atomic E-state index is -3.62. The molecule has 4 aromatic rings. The van der Waals surface area contributed by atoms with Crippen molar-refractivity contribution in [1.29, 1.82) is 0 Å². The molecule has 10 nitrogen and oxygen atoms in total. The van der Waals surface area contributed by atoms with Gasteiger partial charge in [0, 0.05) is 34.6 Å². The molecule has 3 aromatic heterocycles. The topological polar surface area (TPSA) is 136 Å². The van der Waals surface area contributed by atoms with Gasteiger partial charge in [-0.15, -0.1) is 11.3 Å². The smallest absolute Gasteiger partial charge is 0.252 e. The molecule has 0 atom stereocenters. The predicted molar refractivity (Wildman–Crippen MR) is 134 cm³/mol. The number of hydrogen-bond acceptors (Lipinski definition) is 8. The minimum Gasteiger partial charge on any atom is -0.382 e. The highest BCUT2D eigenvalue weighted by atomic mass is 35.5. The number of nitrogen functional groups attached to an aromatic ring is 1. The Morgan fingerprint density at radius 3 is 2.60 bits per heavy atom. The first-order valence-electron chi connectivity index (χ1n) is 10.9. The number of benzene rings is 1. The fourth-order valence-electron chi connectivity index (χ4n) is 4.09. The summed E-state index contributed by atoms with van der Waals surface area (Å²) in [6, 6.07) is 9.97. The van der Waals surface area contributed by atoms with E-state index in [0.29, 0.717) is 53.5 Å². The monoisotopic (exact) mass is 531 g/mol. The van der Waals surface area contributed by atoms with Gasteiger partial charge in [-0.25, -0.2) is 23.4 Å². The Morgan fingerprint density at radius 2 is 1.86 bits per heavy atom. The highest BCUT2D eigenvalue weighted by Crippen LogP contribution is 2.31. The molecule has 1 aliphatic rings. The molecule has 4 heterocycles. The van der Waals surface area contributed by atoms with Crippen molar-refractivity contribution in [1.82, 2.24) is 29.1 Å². The van der Waals surface area contributed by atoms with Crippen molar-refractivity contribution < 1.29 is 13.2 Å². The number of amides is 1. The van der Waals surface area contributed by atoms with Crippen molar-refractivity contribution >= 4 is 55.8 Å². The lowest BCUT2D eigenvalue weighted by molar-refractivity contribution is 0.0951. The maximum Gasteiger partial charge on any atom is 0.252 e. The molecule has 182 valence electrons. The van der Waals surface area contributed by atoms with Gasteiger partial charge in [0.15, 0.2) is 11.5 Å². The molecule has 5 rings (SSSR count). The van der Waals surface area contributed by atoms with Crippen LogP contribution in [-0.2, 0) is 16.6 Å². The van der Waals surface area contributed by atoms with E-state index in [4.69, 9.17) is 17.3 Å². The number of imidazole rings is 1. The van der Waals surface area contributed by atoms with Crippen LogP contribution in [0.25, 0.3) is 11.2 Å². The zero-order valence-corrected chi connectivity index (χ0v) is 20.9. The summed E-state index contributed by atoms with van der Waals surface area (Å²) < 4.78 is 30.2. The maximum absolute atomic E-state index is 13.2. The van der Waals surface area contributed by atoms with Gasteiger partial charge in [-0.1, -0.05) is 11.6 Å². The molecule has 1 amide bonds. The molecule has 0 radical (unpaired) electrons. The summed E-state index contributed by atoms with van der Waals surface area (Å²) in [6.07, 6.45) is 4.35. The van der Waals surface area contributed by atoms with E-state index in [9.17, 15) is 13.2 Å². The molecule has 1 aliphatic heterocycles. The molecular weight excluding hydrogens is 510 g/mol. The Morgan fingerprint density at radius 1 is 1.11 bits per heavy atom. The van der Waals surface area contributed by atoms with Gasteiger partial charge in [0.1, 0.15) is 16.1 Å². The van der Waals surface area contributed by atoms with Crippen LogP contribution < -0.4 is 11.1 Å². The number of aromatic nitrogens is 4. The van der Waals surface area contributed by atoms with Crippen molar-refractivity contribution in [2.75, 3.05) is 18.8 Å². The number of carbonyl (C=O) groups excluding carboxylic acids is 1. The SMILES string of the molecule is Nc1ncnc2c1ncn2C1CCN(S(=O)(=O)c2ccc(CNC(=O)c3ccc(Cl)cc3)s2)CC1. The lowest BCUT2D eigenvalue weighted by Gasteiger charge is -2.31. The summed E-state index contributed by atoms with van der Waals surface area (Å²) >= 11 is 7.02. The van der Waals surface area contributed by atoms with E-state index in [1.807, 2.05) is 4.57 Å². The number of nitrogens with two attached hydrogens (primary N) is 1. The fourth-order valence-corrected chi connectivity index (χ4v) is 7.13. The first kappa shape index (κ1) is 23.7. The number of piperidine rings is 1. The lowest BCUT2D eigenvalue weighted by atomic mass is 10.1. The van der Waals surface area contributed by atoms with E-state index in [-0.39, 0.29) is 22.7 Å². The van der Waals surface area contributed by atoms with Crippen molar-refractivity contribution in [3.05, 3.63) is 64.5 Å². The van der Waals surface area contributed by atoms with E-state index in [2.05, 4.69) is 20.3 Å². The number of thiophene rings is 1. The highest BCUT2D eigenvalue weighted by molar-refractivity contribution is 7.91. The van der Waals surface area contributed by atoms with Gasteiger partial charge >= 0.3 is 0 Å². The van der Waals surface area contributed by atoms with Crippen molar-refractivity contribution in [2.45, 2.75) is 29.6 Å². The summed E-state index contributed by atoms with van der Waals surface area (Å²) in [4.78, 5) is 25.6. The molecule has 0 spiro atoms. The average molecular weight is 532 g/mol. The van der Waals surface area contributed by atoms with Crippen LogP contribution in [0, 0.1) is 0 Å². The Kier molecular flexibility index (Phi) is 6.45. The number of nitrogens with one attached hydrogen (secondary N) is 1. The van der Waals surface area contributed by atoms with Crippen LogP contribution in [0.15, 0.2) is 53.3 Å². The van der Waals surface area contributed by atoms with Gasteiger partial charge < -0.3 is 15.6 Å². The molecule has 1 saturated heterocycles. The number of halogens is 1. The zero-order chi connectivity index (χ0) is 24.6. The molecule has 0 bridgehead atoms. The van der Waals surface area contributed by atoms with Crippen LogP contribution in [0.5, 0.6) is 0 Å². The number of fused-ring (bicyclic) bond motifs is 1. The molecule has 0 aliphatic carbocycles. The minimum absolute atomic E-state index is 0.0720. The standard InChI is InChI=1S/C22H22ClN7O3S2/c23-15-3-1-14(2-4-15)22(31)25-11-17-5-6-18(34-17)35(32,33)29-9-7-16(8-10-29)30-13-28-19-20(24)26-12-27-21(19)30/h1-6,12-13,16H,7-11H2,(H,25,31)(H2,24,26,27). The molecule has 3 N–H and O–H groups in total. The van der Waals surface area contributed by atoms with Gasteiger partial charge in [-0.2, -0.15) is 4.31 Å². The van der Waals surface area contributed by atoms with Gasteiger partial charge in [-0.05, 0) is 49.2 Å².